The minimum atomic E-state index is -0.219. The van der Waals surface area contributed by atoms with Crippen LogP contribution in [0.2, 0.25) is 0 Å². The highest BCUT2D eigenvalue weighted by atomic mass is 32.1. The number of hydrazine groups is 1. The van der Waals surface area contributed by atoms with Crippen molar-refractivity contribution in [2.24, 2.45) is 5.92 Å². The summed E-state index contributed by atoms with van der Waals surface area (Å²) in [5.41, 5.74) is 13.5. The summed E-state index contributed by atoms with van der Waals surface area (Å²) in [7, 11) is 0. The Bertz CT molecular complexity index is 765. The molecule has 0 radical (unpaired) electrons. The fourth-order valence-electron chi connectivity index (χ4n) is 3.66. The highest BCUT2D eigenvalue weighted by Gasteiger charge is 2.42. The van der Waals surface area contributed by atoms with Crippen molar-refractivity contribution in [3.8, 4) is 0 Å². The number of nitrogens with zero attached hydrogens (tertiary/aromatic N) is 1. The minimum absolute atomic E-state index is 0.0277. The Morgan fingerprint density at radius 1 is 1.29 bits per heavy atom. The summed E-state index contributed by atoms with van der Waals surface area (Å²) < 4.78 is 14.2. The molecule has 3 unspecified atom stereocenters. The Hall–Kier alpha value is -1.96. The van der Waals surface area contributed by atoms with Gasteiger partial charge in [-0.1, -0.05) is 18.2 Å². The maximum absolute atomic E-state index is 14.2. The second kappa shape index (κ2) is 6.16. The zero-order chi connectivity index (χ0) is 16.7. The van der Waals surface area contributed by atoms with Gasteiger partial charge in [-0.25, -0.2) is 9.82 Å². The number of amides is 1. The van der Waals surface area contributed by atoms with Gasteiger partial charge in [-0.3, -0.25) is 10.2 Å². The van der Waals surface area contributed by atoms with Gasteiger partial charge in [-0.2, -0.15) is 0 Å². The van der Waals surface area contributed by atoms with Crippen LogP contribution in [0.15, 0.2) is 35.7 Å². The molecule has 24 heavy (non-hydrogen) atoms. The maximum atomic E-state index is 14.2. The third-order valence-corrected chi connectivity index (χ3v) is 5.85. The molecule has 2 fully saturated rings. The van der Waals surface area contributed by atoms with Gasteiger partial charge >= 0.3 is 0 Å². The lowest BCUT2D eigenvalue weighted by Gasteiger charge is -2.36. The van der Waals surface area contributed by atoms with Crippen LogP contribution in [0, 0.1) is 11.7 Å². The van der Waals surface area contributed by atoms with Crippen LogP contribution in [0.1, 0.15) is 27.7 Å². The van der Waals surface area contributed by atoms with Crippen molar-refractivity contribution in [1.29, 1.82) is 0 Å². The fourth-order valence-corrected chi connectivity index (χ4v) is 4.44. The van der Waals surface area contributed by atoms with E-state index >= 15 is 0 Å². The highest BCUT2D eigenvalue weighted by molar-refractivity contribution is 7.12. The molecular formula is C17H19FN4OS. The number of hydrogen-bond donors (Lipinski definition) is 3. The van der Waals surface area contributed by atoms with Gasteiger partial charge in [0.15, 0.2) is 0 Å². The van der Waals surface area contributed by atoms with E-state index < -0.39 is 0 Å². The first kappa shape index (κ1) is 15.6. The lowest BCUT2D eigenvalue weighted by Crippen LogP contribution is -2.47. The fraction of sp³-hybridized carbons (Fsp3) is 0.353. The number of likely N-dealkylation sites (tertiary alicyclic amines) is 1. The number of benzene rings is 1. The van der Waals surface area contributed by atoms with Crippen LogP contribution in [-0.4, -0.2) is 29.9 Å². The number of carbonyl (C=O) groups excluding carboxylic acids is 1. The van der Waals surface area contributed by atoms with E-state index in [1.807, 2.05) is 16.3 Å². The van der Waals surface area contributed by atoms with Crippen LogP contribution in [0.25, 0.3) is 0 Å². The summed E-state index contributed by atoms with van der Waals surface area (Å²) in [6, 6.07) is 8.65. The maximum Gasteiger partial charge on any atom is 0.266 e. The molecule has 3 heterocycles. The number of nitrogens with one attached hydrogen (secondary N) is 2. The zero-order valence-electron chi connectivity index (χ0n) is 13.0. The van der Waals surface area contributed by atoms with Crippen molar-refractivity contribution >= 4 is 22.9 Å². The van der Waals surface area contributed by atoms with Crippen LogP contribution >= 0.6 is 11.3 Å². The Morgan fingerprint density at radius 3 is 2.88 bits per heavy atom. The summed E-state index contributed by atoms with van der Waals surface area (Å²) in [5.74, 6) is -0.121. The van der Waals surface area contributed by atoms with Crippen LogP contribution < -0.4 is 16.6 Å². The summed E-state index contributed by atoms with van der Waals surface area (Å²) in [5, 5.41) is 1.83. The number of hydrogen-bond acceptors (Lipinski definition) is 5. The van der Waals surface area contributed by atoms with E-state index in [2.05, 4.69) is 10.9 Å². The van der Waals surface area contributed by atoms with E-state index in [0.717, 1.165) is 6.42 Å². The van der Waals surface area contributed by atoms with Gasteiger partial charge in [0, 0.05) is 30.6 Å². The van der Waals surface area contributed by atoms with Crippen molar-refractivity contribution in [1.82, 2.24) is 15.8 Å². The molecule has 0 spiro atoms. The second-order valence-corrected chi connectivity index (χ2v) is 7.22. The van der Waals surface area contributed by atoms with Crippen LogP contribution in [0.3, 0.4) is 0 Å². The predicted octanol–water partition coefficient (Wildman–Crippen LogP) is 2.15. The summed E-state index contributed by atoms with van der Waals surface area (Å²) in [6.45, 7) is 1.26. The molecule has 0 aliphatic carbocycles. The average Bonchev–Trinajstić information content (AvgIpc) is 3.20. The Kier molecular flexibility index (Phi) is 3.99. The lowest BCUT2D eigenvalue weighted by atomic mass is 9.85. The lowest BCUT2D eigenvalue weighted by molar-refractivity contribution is 0.0658. The first-order valence-electron chi connectivity index (χ1n) is 8.03. The smallest absolute Gasteiger partial charge is 0.266 e. The van der Waals surface area contributed by atoms with Gasteiger partial charge in [0.25, 0.3) is 5.91 Å². The molecule has 4 rings (SSSR count). The molecule has 5 nitrogen and oxygen atoms in total. The number of anilines is 1. The van der Waals surface area contributed by atoms with Crippen LogP contribution in [0.4, 0.5) is 10.1 Å². The third kappa shape index (κ3) is 2.58. The standard InChI is InChI=1S/C17H19FN4OS/c18-12-4-2-1-3-10(12)15-11-9-22(7-5-14(11)20-21-15)17(23)16-13(19)6-8-24-16/h1-4,6,8,11,14-15,20-21H,5,7,9,19H2. The molecule has 0 bridgehead atoms. The van der Waals surface area contributed by atoms with Gasteiger partial charge in [0.05, 0.1) is 11.7 Å². The largest absolute Gasteiger partial charge is 0.397 e. The number of nitrogens with two attached hydrogens (primary N) is 1. The molecule has 3 atom stereocenters. The molecule has 2 saturated heterocycles. The second-order valence-electron chi connectivity index (χ2n) is 6.30. The summed E-state index contributed by atoms with van der Waals surface area (Å²) in [4.78, 5) is 15.2. The first-order valence-corrected chi connectivity index (χ1v) is 8.91. The van der Waals surface area contributed by atoms with E-state index in [4.69, 9.17) is 5.73 Å². The molecule has 7 heteroatoms. The van der Waals surface area contributed by atoms with E-state index in [1.54, 1.807) is 18.2 Å². The van der Waals surface area contributed by atoms with Crippen molar-refractivity contribution in [2.75, 3.05) is 18.8 Å². The quantitative estimate of drug-likeness (QED) is 0.779. The van der Waals surface area contributed by atoms with Gasteiger partial charge in [0.2, 0.25) is 0 Å². The summed E-state index contributed by atoms with van der Waals surface area (Å²) in [6.07, 6.45) is 0.833. The SMILES string of the molecule is Nc1ccsc1C(=O)N1CCC2NNC(c3ccccc3F)C2C1. The van der Waals surface area contributed by atoms with Gasteiger partial charge < -0.3 is 10.6 Å². The monoisotopic (exact) mass is 346 g/mol. The van der Waals surface area contributed by atoms with Crippen molar-refractivity contribution in [3.05, 3.63) is 52.0 Å². The van der Waals surface area contributed by atoms with Crippen molar-refractivity contribution in [3.63, 3.8) is 0 Å². The average molecular weight is 346 g/mol. The van der Waals surface area contributed by atoms with Gasteiger partial charge in [-0.15, -0.1) is 11.3 Å². The number of thiophene rings is 1. The zero-order valence-corrected chi connectivity index (χ0v) is 13.9. The topological polar surface area (TPSA) is 70.4 Å². The number of piperidine rings is 1. The molecule has 2 aliphatic rings. The predicted molar refractivity (Wildman–Crippen MR) is 91.9 cm³/mol. The van der Waals surface area contributed by atoms with E-state index in [-0.39, 0.29) is 29.7 Å². The molecule has 126 valence electrons. The molecule has 0 saturated carbocycles. The van der Waals surface area contributed by atoms with Crippen molar-refractivity contribution < 1.29 is 9.18 Å². The third-order valence-electron chi connectivity index (χ3n) is 4.93. The Morgan fingerprint density at radius 2 is 2.12 bits per heavy atom. The number of nitrogen functional groups attached to an aromatic ring is 1. The van der Waals surface area contributed by atoms with Gasteiger partial charge in [-0.05, 0) is 23.9 Å². The van der Waals surface area contributed by atoms with Gasteiger partial charge in [0.1, 0.15) is 10.7 Å². The molecule has 2 aromatic rings. The summed E-state index contributed by atoms with van der Waals surface area (Å²) >= 11 is 1.37. The van der Waals surface area contributed by atoms with E-state index in [9.17, 15) is 9.18 Å². The van der Waals surface area contributed by atoms with Crippen LogP contribution in [0.5, 0.6) is 0 Å². The van der Waals surface area contributed by atoms with E-state index in [1.165, 1.54) is 17.4 Å². The molecule has 1 aromatic carbocycles. The van der Waals surface area contributed by atoms with Crippen LogP contribution in [-0.2, 0) is 0 Å². The first-order chi connectivity index (χ1) is 11.6. The minimum Gasteiger partial charge on any atom is -0.397 e. The van der Waals surface area contributed by atoms with Crippen molar-refractivity contribution in [2.45, 2.75) is 18.5 Å². The molecular weight excluding hydrogens is 327 g/mol. The molecule has 1 aromatic heterocycles. The molecule has 1 amide bonds. The highest BCUT2D eigenvalue weighted by Crippen LogP contribution is 2.35. The number of fused-ring (bicyclic) bond motifs is 1. The number of rotatable bonds is 2. The molecule has 4 N–H and O–H groups in total. The molecule has 2 aliphatic heterocycles. The number of carbonyl (C=O) groups is 1. The Balaban J connectivity index is 1.56. The normalized spacial score (nSPS) is 26.4. The Labute approximate surface area is 143 Å². The number of halogens is 1. The van der Waals surface area contributed by atoms with E-state index in [0.29, 0.717) is 29.2 Å².